The molecule has 0 heterocycles. The highest BCUT2D eigenvalue weighted by Crippen LogP contribution is 2.13. The van der Waals surface area contributed by atoms with Crippen LogP contribution in [-0.2, 0) is 11.2 Å². The summed E-state index contributed by atoms with van der Waals surface area (Å²) in [6.07, 6.45) is 7.16. The Labute approximate surface area is 120 Å². The van der Waals surface area contributed by atoms with Crippen molar-refractivity contribution < 1.29 is 9.53 Å². The third kappa shape index (κ3) is 6.26. The van der Waals surface area contributed by atoms with Crippen LogP contribution in [0.4, 0.5) is 0 Å². The molecule has 1 amide bonds. The molecule has 1 aromatic rings. The first-order chi connectivity index (χ1) is 9.65. The van der Waals surface area contributed by atoms with Gasteiger partial charge in [0, 0.05) is 6.04 Å². The van der Waals surface area contributed by atoms with E-state index in [1.807, 2.05) is 31.3 Å². The minimum absolute atomic E-state index is 0.0161. The van der Waals surface area contributed by atoms with Gasteiger partial charge in [0.15, 0.2) is 6.61 Å². The Morgan fingerprint density at radius 2 is 2.10 bits per heavy atom. The largest absolute Gasteiger partial charge is 0.484 e. The van der Waals surface area contributed by atoms with E-state index in [2.05, 4.69) is 23.5 Å². The molecule has 0 aliphatic carbocycles. The Morgan fingerprint density at radius 3 is 2.70 bits per heavy atom. The first kappa shape index (κ1) is 16.1. The van der Waals surface area contributed by atoms with Crippen LogP contribution in [0.5, 0.6) is 5.75 Å². The summed E-state index contributed by atoms with van der Waals surface area (Å²) in [6.45, 7) is 2.37. The van der Waals surface area contributed by atoms with Gasteiger partial charge in [-0.3, -0.25) is 4.79 Å². The molecule has 1 rings (SSSR count). The van der Waals surface area contributed by atoms with Gasteiger partial charge in [-0.05, 0) is 44.5 Å². The van der Waals surface area contributed by atoms with Crippen molar-refractivity contribution in [2.24, 2.45) is 0 Å². The van der Waals surface area contributed by atoms with Crippen molar-refractivity contribution in [1.82, 2.24) is 10.6 Å². The smallest absolute Gasteiger partial charge is 0.258 e. The Balaban J connectivity index is 2.35. The van der Waals surface area contributed by atoms with Gasteiger partial charge in [-0.2, -0.15) is 0 Å². The van der Waals surface area contributed by atoms with Crippen LogP contribution in [0.3, 0.4) is 0 Å². The number of nitrogens with one attached hydrogen (secondary N) is 2. The molecule has 1 atom stereocenters. The van der Waals surface area contributed by atoms with Crippen molar-refractivity contribution in [1.29, 1.82) is 0 Å². The predicted octanol–water partition coefficient (Wildman–Crippen LogP) is 1.36. The molecule has 0 fully saturated rings. The van der Waals surface area contributed by atoms with Crippen LogP contribution < -0.4 is 15.4 Å². The molecule has 0 saturated heterocycles. The van der Waals surface area contributed by atoms with Gasteiger partial charge in [-0.15, -0.1) is 6.42 Å². The minimum Gasteiger partial charge on any atom is -0.484 e. The summed E-state index contributed by atoms with van der Waals surface area (Å²) in [5, 5.41) is 5.76. The maximum Gasteiger partial charge on any atom is 0.258 e. The molecule has 0 aliphatic heterocycles. The lowest BCUT2D eigenvalue weighted by Gasteiger charge is -2.10. The second kappa shape index (κ2) is 9.00. The molecule has 1 aromatic carbocycles. The van der Waals surface area contributed by atoms with Crippen LogP contribution in [0.15, 0.2) is 24.3 Å². The van der Waals surface area contributed by atoms with Gasteiger partial charge in [-0.25, -0.2) is 0 Å². The Kier molecular flexibility index (Phi) is 7.23. The quantitative estimate of drug-likeness (QED) is 0.704. The SMILES string of the molecule is C#CCNC(=O)COc1ccc(CCC(C)NC)cc1. The number of amides is 1. The molecular formula is C16H22N2O2. The van der Waals surface area contributed by atoms with Crippen molar-refractivity contribution in [3.8, 4) is 18.1 Å². The van der Waals surface area contributed by atoms with E-state index in [4.69, 9.17) is 11.2 Å². The molecule has 0 saturated carbocycles. The lowest BCUT2D eigenvalue weighted by atomic mass is 10.1. The molecule has 2 N–H and O–H groups in total. The first-order valence-electron chi connectivity index (χ1n) is 6.75. The Hall–Kier alpha value is -1.99. The van der Waals surface area contributed by atoms with Gasteiger partial charge >= 0.3 is 0 Å². The van der Waals surface area contributed by atoms with Crippen molar-refractivity contribution in [3.63, 3.8) is 0 Å². The zero-order chi connectivity index (χ0) is 14.8. The van der Waals surface area contributed by atoms with Crippen molar-refractivity contribution in [2.45, 2.75) is 25.8 Å². The number of hydrogen-bond acceptors (Lipinski definition) is 3. The molecule has 0 spiro atoms. The fourth-order valence-electron chi connectivity index (χ4n) is 1.63. The number of ether oxygens (including phenoxy) is 1. The lowest BCUT2D eigenvalue weighted by Crippen LogP contribution is -2.29. The van der Waals surface area contributed by atoms with E-state index in [1.165, 1.54) is 5.56 Å². The summed E-state index contributed by atoms with van der Waals surface area (Å²) < 4.78 is 5.37. The Morgan fingerprint density at radius 1 is 1.40 bits per heavy atom. The van der Waals surface area contributed by atoms with Crippen LogP contribution in [0.25, 0.3) is 0 Å². The molecule has 108 valence electrons. The minimum atomic E-state index is -0.213. The van der Waals surface area contributed by atoms with E-state index >= 15 is 0 Å². The summed E-state index contributed by atoms with van der Waals surface area (Å²) in [6, 6.07) is 8.32. The average Bonchev–Trinajstić information content (AvgIpc) is 2.49. The van der Waals surface area contributed by atoms with Crippen molar-refractivity contribution in [3.05, 3.63) is 29.8 Å². The van der Waals surface area contributed by atoms with E-state index in [0.29, 0.717) is 11.8 Å². The van der Waals surface area contributed by atoms with E-state index < -0.39 is 0 Å². The molecule has 20 heavy (non-hydrogen) atoms. The summed E-state index contributed by atoms with van der Waals surface area (Å²) in [5.74, 6) is 2.81. The van der Waals surface area contributed by atoms with E-state index in [9.17, 15) is 4.79 Å². The number of benzene rings is 1. The van der Waals surface area contributed by atoms with Crippen LogP contribution in [-0.4, -0.2) is 32.1 Å². The summed E-state index contributed by atoms with van der Waals surface area (Å²) in [7, 11) is 1.97. The molecule has 0 bridgehead atoms. The zero-order valence-corrected chi connectivity index (χ0v) is 12.1. The summed E-state index contributed by atoms with van der Waals surface area (Å²) in [4.78, 5) is 11.3. The molecule has 0 aliphatic rings. The standard InChI is InChI=1S/C16H22N2O2/c1-4-11-18-16(19)12-20-15-9-7-14(8-10-15)6-5-13(2)17-3/h1,7-10,13,17H,5-6,11-12H2,2-3H3,(H,18,19). The molecular weight excluding hydrogens is 252 g/mol. The third-order valence-electron chi connectivity index (χ3n) is 3.04. The van der Waals surface area contributed by atoms with Gasteiger partial charge in [0.2, 0.25) is 0 Å². The molecule has 0 radical (unpaired) electrons. The number of hydrogen-bond donors (Lipinski definition) is 2. The van der Waals surface area contributed by atoms with Gasteiger partial charge in [0.05, 0.1) is 6.54 Å². The summed E-state index contributed by atoms with van der Waals surface area (Å²) in [5.41, 5.74) is 1.26. The van der Waals surface area contributed by atoms with E-state index in [-0.39, 0.29) is 19.1 Å². The van der Waals surface area contributed by atoms with Crippen LogP contribution >= 0.6 is 0 Å². The maximum atomic E-state index is 11.3. The highest BCUT2D eigenvalue weighted by atomic mass is 16.5. The second-order valence-corrected chi connectivity index (χ2v) is 4.64. The normalized spacial score (nSPS) is 11.4. The number of rotatable bonds is 8. The highest BCUT2D eigenvalue weighted by molar-refractivity contribution is 5.77. The third-order valence-corrected chi connectivity index (χ3v) is 3.04. The number of carbonyl (C=O) groups is 1. The molecule has 4 heteroatoms. The number of terminal acetylenes is 1. The van der Waals surface area contributed by atoms with Gasteiger partial charge < -0.3 is 15.4 Å². The molecule has 0 aromatic heterocycles. The van der Waals surface area contributed by atoms with Crippen molar-refractivity contribution >= 4 is 5.91 Å². The summed E-state index contributed by atoms with van der Waals surface area (Å²) >= 11 is 0. The lowest BCUT2D eigenvalue weighted by molar-refractivity contribution is -0.122. The van der Waals surface area contributed by atoms with E-state index in [1.54, 1.807) is 0 Å². The van der Waals surface area contributed by atoms with Crippen LogP contribution in [0, 0.1) is 12.3 Å². The Bertz CT molecular complexity index is 449. The topological polar surface area (TPSA) is 50.4 Å². The maximum absolute atomic E-state index is 11.3. The fourth-order valence-corrected chi connectivity index (χ4v) is 1.63. The molecule has 4 nitrogen and oxygen atoms in total. The van der Waals surface area contributed by atoms with E-state index in [0.717, 1.165) is 12.8 Å². The first-order valence-corrected chi connectivity index (χ1v) is 6.75. The van der Waals surface area contributed by atoms with Crippen LogP contribution in [0.1, 0.15) is 18.9 Å². The average molecular weight is 274 g/mol. The second-order valence-electron chi connectivity index (χ2n) is 4.64. The molecule has 1 unspecified atom stereocenters. The number of aryl methyl sites for hydroxylation is 1. The number of carbonyl (C=O) groups excluding carboxylic acids is 1. The highest BCUT2D eigenvalue weighted by Gasteiger charge is 2.03. The fraction of sp³-hybridized carbons (Fsp3) is 0.438. The van der Waals surface area contributed by atoms with Crippen molar-refractivity contribution in [2.75, 3.05) is 20.2 Å². The van der Waals surface area contributed by atoms with Gasteiger partial charge in [-0.1, -0.05) is 18.1 Å². The monoisotopic (exact) mass is 274 g/mol. The van der Waals surface area contributed by atoms with Gasteiger partial charge in [0.1, 0.15) is 5.75 Å². The predicted molar refractivity (Wildman–Crippen MR) is 80.6 cm³/mol. The van der Waals surface area contributed by atoms with Crippen LogP contribution in [0.2, 0.25) is 0 Å². The van der Waals surface area contributed by atoms with Gasteiger partial charge in [0.25, 0.3) is 5.91 Å². The zero-order valence-electron chi connectivity index (χ0n) is 12.1.